The van der Waals surface area contributed by atoms with Crippen LogP contribution in [0.2, 0.25) is 0 Å². The fourth-order valence-electron chi connectivity index (χ4n) is 6.87. The highest BCUT2D eigenvalue weighted by Crippen LogP contribution is 2.45. The molecule has 0 fully saturated rings. The summed E-state index contributed by atoms with van der Waals surface area (Å²) in [6.07, 6.45) is 0. The third-order valence-corrected chi connectivity index (χ3v) is 10.5. The number of nitrogens with zero attached hydrogens (tertiary/aromatic N) is 3. The van der Waals surface area contributed by atoms with E-state index in [9.17, 15) is 8.42 Å². The molecule has 0 N–H and O–H groups in total. The molecule has 3 heterocycles. The average molecular weight is 572 g/mol. The second kappa shape index (κ2) is 8.45. The van der Waals surface area contributed by atoms with Crippen LogP contribution in [0.5, 0.6) is 0 Å². The van der Waals surface area contributed by atoms with Crippen LogP contribution in [0.15, 0.2) is 137 Å². The molecule has 9 aromatic rings. The molecule has 6 aromatic carbocycles. The minimum Gasteiger partial charge on any atom is -0.309 e. The number of nitriles is 1. The van der Waals surface area contributed by atoms with Crippen molar-refractivity contribution in [3.8, 4) is 11.8 Å². The number of rotatable bonds is 3. The Labute approximate surface area is 246 Å². The first-order chi connectivity index (χ1) is 21.1. The van der Waals surface area contributed by atoms with Crippen LogP contribution >= 0.6 is 0 Å². The van der Waals surface area contributed by atoms with E-state index in [1.165, 1.54) is 67.6 Å². The van der Waals surface area contributed by atoms with Crippen LogP contribution < -0.4 is 0 Å². The molecular weight excluding hydrogens is 550 g/mol. The van der Waals surface area contributed by atoms with E-state index in [0.717, 1.165) is 22.2 Å². The predicted molar refractivity (Wildman–Crippen MR) is 172 cm³/mol. The molecule has 43 heavy (non-hydrogen) atoms. The van der Waals surface area contributed by atoms with Gasteiger partial charge in [-0.25, -0.2) is 8.42 Å². The molecule has 0 bridgehead atoms. The van der Waals surface area contributed by atoms with Gasteiger partial charge in [0, 0.05) is 32.6 Å². The van der Waals surface area contributed by atoms with E-state index in [0.29, 0.717) is 5.56 Å². The number of benzene rings is 6. The zero-order valence-electron chi connectivity index (χ0n) is 22.7. The van der Waals surface area contributed by atoms with Gasteiger partial charge in [-0.1, -0.05) is 54.6 Å². The highest BCUT2D eigenvalue weighted by Gasteiger charge is 2.23. The number of para-hydroxylation sites is 2. The highest BCUT2D eigenvalue weighted by molar-refractivity contribution is 7.91. The van der Waals surface area contributed by atoms with Crippen molar-refractivity contribution < 1.29 is 8.42 Å². The Morgan fingerprint density at radius 3 is 1.74 bits per heavy atom. The Morgan fingerprint density at radius 1 is 0.512 bits per heavy atom. The van der Waals surface area contributed by atoms with Crippen LogP contribution in [0, 0.1) is 11.3 Å². The van der Waals surface area contributed by atoms with Crippen LogP contribution in [-0.4, -0.2) is 17.4 Å². The van der Waals surface area contributed by atoms with Crippen molar-refractivity contribution in [1.82, 2.24) is 8.97 Å². The molecule has 0 atom stereocenters. The number of fused-ring (bicyclic) bond motifs is 6. The lowest BCUT2D eigenvalue weighted by Crippen LogP contribution is -2.03. The Hall–Kier alpha value is -5.64. The van der Waals surface area contributed by atoms with Gasteiger partial charge in [0.25, 0.3) is 0 Å². The number of hydrogen-bond donors (Lipinski definition) is 0. The third kappa shape index (κ3) is 3.12. The van der Waals surface area contributed by atoms with E-state index < -0.39 is 9.84 Å². The van der Waals surface area contributed by atoms with E-state index in [2.05, 4.69) is 87.8 Å². The van der Waals surface area contributed by atoms with Crippen molar-refractivity contribution >= 4 is 69.7 Å². The maximum atomic E-state index is 13.4. The van der Waals surface area contributed by atoms with E-state index in [1.807, 2.05) is 18.2 Å². The maximum Gasteiger partial charge on any atom is 0.206 e. The molecule has 202 valence electrons. The fraction of sp³-hybridized carbons (Fsp3) is 0. The van der Waals surface area contributed by atoms with Crippen molar-refractivity contribution in [3.63, 3.8) is 0 Å². The van der Waals surface area contributed by atoms with Crippen molar-refractivity contribution in [2.45, 2.75) is 9.79 Å². The Balaban J connectivity index is 1.36. The summed E-state index contributed by atoms with van der Waals surface area (Å²) in [5, 5.41) is 16.2. The normalized spacial score (nSPS) is 12.3. The van der Waals surface area contributed by atoms with Gasteiger partial charge in [-0.15, -0.1) is 0 Å². The molecule has 0 spiro atoms. The lowest BCUT2D eigenvalue weighted by molar-refractivity contribution is 0.596. The summed E-state index contributed by atoms with van der Waals surface area (Å²) in [7, 11) is -3.74. The summed E-state index contributed by atoms with van der Waals surface area (Å²) in [6, 6.07) is 43.2. The van der Waals surface area contributed by atoms with Crippen molar-refractivity contribution in [3.05, 3.63) is 133 Å². The number of aromatic nitrogens is 2. The Kier molecular flexibility index (Phi) is 4.72. The summed E-state index contributed by atoms with van der Waals surface area (Å²) in [5.74, 6) is 0. The largest absolute Gasteiger partial charge is 0.309 e. The van der Waals surface area contributed by atoms with Gasteiger partial charge in [0.15, 0.2) is 0 Å². The Morgan fingerprint density at radius 2 is 1.07 bits per heavy atom. The molecule has 6 heteroatoms. The summed E-state index contributed by atoms with van der Waals surface area (Å²) < 4.78 is 31.4. The topological polar surface area (TPSA) is 67.3 Å². The van der Waals surface area contributed by atoms with E-state index in [-0.39, 0.29) is 9.79 Å². The summed E-state index contributed by atoms with van der Waals surface area (Å²) in [4.78, 5) is 0.372. The fourth-order valence-corrected chi connectivity index (χ4v) is 8.13. The summed E-state index contributed by atoms with van der Waals surface area (Å²) in [6.45, 7) is 0. The Bertz CT molecular complexity index is 2730. The summed E-state index contributed by atoms with van der Waals surface area (Å²) in [5.41, 5.74) is 6.94. The molecule has 9 rings (SSSR count). The van der Waals surface area contributed by atoms with Gasteiger partial charge >= 0.3 is 0 Å². The second-order valence-corrected chi connectivity index (χ2v) is 12.8. The zero-order chi connectivity index (χ0) is 28.9. The standard InChI is InChI=1S/C37H21N3O2S/c38-22-23-12-16-25(17-13-23)43(41,42)26-18-14-24(15-19-26)39-33-11-5-8-29-27-6-1-3-9-31(27)40-32-10-4-2-7-28(32)30-20-21-34(39)36(35(29)33)37(30)40/h1-21H. The number of sulfone groups is 1. The van der Waals surface area contributed by atoms with Crippen LogP contribution in [0.3, 0.4) is 0 Å². The molecule has 0 aliphatic heterocycles. The number of hydrogen-bond acceptors (Lipinski definition) is 3. The van der Waals surface area contributed by atoms with Gasteiger partial charge in [-0.05, 0) is 78.2 Å². The molecule has 0 aliphatic rings. The minimum atomic E-state index is -3.74. The molecule has 0 radical (unpaired) electrons. The molecular formula is C37H21N3O2S. The van der Waals surface area contributed by atoms with Crippen LogP contribution in [0.1, 0.15) is 5.56 Å². The van der Waals surface area contributed by atoms with Crippen LogP contribution in [0.4, 0.5) is 0 Å². The first-order valence-corrected chi connectivity index (χ1v) is 15.5. The zero-order valence-corrected chi connectivity index (χ0v) is 23.5. The van der Waals surface area contributed by atoms with E-state index >= 15 is 0 Å². The highest BCUT2D eigenvalue weighted by atomic mass is 32.2. The molecule has 5 nitrogen and oxygen atoms in total. The van der Waals surface area contributed by atoms with Gasteiger partial charge in [0.1, 0.15) is 0 Å². The van der Waals surface area contributed by atoms with Crippen molar-refractivity contribution in [2.24, 2.45) is 0 Å². The van der Waals surface area contributed by atoms with Gasteiger partial charge in [-0.2, -0.15) is 5.26 Å². The minimum absolute atomic E-state index is 0.164. The average Bonchev–Trinajstić information content (AvgIpc) is 3.53. The predicted octanol–water partition coefficient (Wildman–Crippen LogP) is 8.64. The van der Waals surface area contributed by atoms with Gasteiger partial charge in [0.05, 0.1) is 49.0 Å². The molecule has 0 amide bonds. The smallest absolute Gasteiger partial charge is 0.206 e. The molecule has 0 aliphatic carbocycles. The first-order valence-electron chi connectivity index (χ1n) is 14.0. The lowest BCUT2D eigenvalue weighted by atomic mass is 10.0. The van der Waals surface area contributed by atoms with E-state index in [1.54, 1.807) is 12.1 Å². The first kappa shape index (κ1) is 24.0. The molecule has 0 saturated carbocycles. The summed E-state index contributed by atoms with van der Waals surface area (Å²) >= 11 is 0. The van der Waals surface area contributed by atoms with Crippen molar-refractivity contribution in [2.75, 3.05) is 0 Å². The molecule has 3 aromatic heterocycles. The maximum absolute atomic E-state index is 13.4. The quantitative estimate of drug-likeness (QED) is 0.213. The molecule has 0 saturated heterocycles. The second-order valence-electron chi connectivity index (χ2n) is 10.9. The SMILES string of the molecule is N#Cc1ccc(S(=O)(=O)c2ccc(-n3c4cccc5c6ccccc6n6c7ccccc7c7ccc3c(c54)c76)cc2)cc1. The van der Waals surface area contributed by atoms with Crippen LogP contribution in [0.25, 0.3) is 65.6 Å². The van der Waals surface area contributed by atoms with Crippen molar-refractivity contribution in [1.29, 1.82) is 5.26 Å². The van der Waals surface area contributed by atoms with Crippen LogP contribution in [-0.2, 0) is 9.84 Å². The van der Waals surface area contributed by atoms with Gasteiger partial charge in [-0.3, -0.25) is 0 Å². The third-order valence-electron chi connectivity index (χ3n) is 8.72. The van der Waals surface area contributed by atoms with Gasteiger partial charge < -0.3 is 8.97 Å². The lowest BCUT2D eigenvalue weighted by Gasteiger charge is -2.11. The molecule has 0 unspecified atom stereocenters. The monoisotopic (exact) mass is 571 g/mol. The van der Waals surface area contributed by atoms with E-state index in [4.69, 9.17) is 5.26 Å². The van der Waals surface area contributed by atoms with Gasteiger partial charge in [0.2, 0.25) is 9.84 Å².